The van der Waals surface area contributed by atoms with Gasteiger partial charge < -0.3 is 14.6 Å². The molecular weight excluding hydrogens is 272 g/mol. The highest BCUT2D eigenvalue weighted by molar-refractivity contribution is 9.10. The molecule has 4 nitrogen and oxygen atoms in total. The van der Waals surface area contributed by atoms with Crippen LogP contribution in [0.3, 0.4) is 0 Å². The molecule has 0 radical (unpaired) electrons. The fraction of sp³-hybridized carbons (Fsp3) is 0.545. The van der Waals surface area contributed by atoms with E-state index in [-0.39, 0.29) is 5.91 Å². The van der Waals surface area contributed by atoms with E-state index in [9.17, 15) is 4.79 Å². The minimum Gasteiger partial charge on any atom is -0.457 e. The number of amides is 1. The molecule has 88 valence electrons. The maximum Gasteiger partial charge on any atom is 0.257 e. The Labute approximate surface area is 103 Å². The summed E-state index contributed by atoms with van der Waals surface area (Å²) in [5.41, 5.74) is 0.620. The summed E-state index contributed by atoms with van der Waals surface area (Å²) in [5, 5.41) is 3.12. The van der Waals surface area contributed by atoms with E-state index in [0.29, 0.717) is 16.3 Å². The van der Waals surface area contributed by atoms with Crippen LogP contribution >= 0.6 is 15.9 Å². The zero-order chi connectivity index (χ0) is 11.5. The Morgan fingerprint density at radius 1 is 1.75 bits per heavy atom. The third-order valence-electron chi connectivity index (χ3n) is 2.89. The van der Waals surface area contributed by atoms with Crippen LogP contribution < -0.4 is 5.32 Å². The maximum atomic E-state index is 12.2. The van der Waals surface area contributed by atoms with Crippen LogP contribution in [0.25, 0.3) is 0 Å². The number of rotatable bonds is 3. The number of halogens is 1. The van der Waals surface area contributed by atoms with E-state index in [1.165, 1.54) is 6.26 Å². The molecule has 0 saturated carbocycles. The number of carbonyl (C=O) groups is 1. The van der Waals surface area contributed by atoms with Crippen molar-refractivity contribution in [2.45, 2.75) is 18.9 Å². The van der Waals surface area contributed by atoms with Gasteiger partial charge in [-0.2, -0.15) is 0 Å². The van der Waals surface area contributed by atoms with Crippen LogP contribution in [0.2, 0.25) is 0 Å². The first kappa shape index (κ1) is 11.7. The van der Waals surface area contributed by atoms with Crippen molar-refractivity contribution in [1.82, 2.24) is 10.2 Å². The lowest BCUT2D eigenvalue weighted by atomic mass is 10.2. The Bertz CT molecular complexity index is 378. The SMILES string of the molecule is CNCC1CCCN1C(=O)c1coc(Br)c1. The van der Waals surface area contributed by atoms with E-state index in [0.717, 1.165) is 25.9 Å². The monoisotopic (exact) mass is 286 g/mol. The number of likely N-dealkylation sites (tertiary alicyclic amines) is 1. The van der Waals surface area contributed by atoms with E-state index in [1.807, 2.05) is 11.9 Å². The van der Waals surface area contributed by atoms with Crippen molar-refractivity contribution in [3.05, 3.63) is 22.6 Å². The average molecular weight is 287 g/mol. The fourth-order valence-electron chi connectivity index (χ4n) is 2.14. The molecule has 1 unspecified atom stereocenters. The quantitative estimate of drug-likeness (QED) is 0.923. The van der Waals surface area contributed by atoms with Crippen molar-refractivity contribution in [3.8, 4) is 0 Å². The molecule has 1 amide bonds. The standard InChI is InChI=1S/C11H15BrN2O2/c1-13-6-9-3-2-4-14(9)11(15)8-5-10(12)16-7-8/h5,7,9,13H,2-4,6H2,1H3. The third kappa shape index (κ3) is 2.30. The second kappa shape index (κ2) is 5.01. The first-order chi connectivity index (χ1) is 7.72. The lowest BCUT2D eigenvalue weighted by Crippen LogP contribution is -2.40. The number of nitrogens with one attached hydrogen (secondary N) is 1. The normalized spacial score (nSPS) is 20.4. The van der Waals surface area contributed by atoms with Gasteiger partial charge in [0.25, 0.3) is 5.91 Å². The summed E-state index contributed by atoms with van der Waals surface area (Å²) in [6.07, 6.45) is 3.66. The van der Waals surface area contributed by atoms with E-state index in [4.69, 9.17) is 4.42 Å². The molecule has 1 atom stereocenters. The fourth-order valence-corrected chi connectivity index (χ4v) is 2.48. The van der Waals surface area contributed by atoms with Crippen LogP contribution in [-0.2, 0) is 0 Å². The highest BCUT2D eigenvalue weighted by Gasteiger charge is 2.29. The van der Waals surface area contributed by atoms with Crippen LogP contribution in [0.5, 0.6) is 0 Å². The molecule has 1 aliphatic heterocycles. The first-order valence-electron chi connectivity index (χ1n) is 5.42. The lowest BCUT2D eigenvalue weighted by Gasteiger charge is -2.23. The first-order valence-corrected chi connectivity index (χ1v) is 6.21. The zero-order valence-corrected chi connectivity index (χ0v) is 10.8. The number of nitrogens with zero attached hydrogens (tertiary/aromatic N) is 1. The molecule has 0 bridgehead atoms. The molecule has 1 aliphatic rings. The molecule has 1 N–H and O–H groups in total. The second-order valence-corrected chi connectivity index (χ2v) is 4.77. The molecule has 2 rings (SSSR count). The van der Waals surface area contributed by atoms with Crippen LogP contribution in [0, 0.1) is 0 Å². The van der Waals surface area contributed by atoms with Gasteiger partial charge in [-0.05, 0) is 35.8 Å². The number of carbonyl (C=O) groups excluding carboxylic acids is 1. The van der Waals surface area contributed by atoms with Gasteiger partial charge in [-0.1, -0.05) is 0 Å². The van der Waals surface area contributed by atoms with Gasteiger partial charge in [-0.25, -0.2) is 0 Å². The van der Waals surface area contributed by atoms with Crippen molar-refractivity contribution >= 4 is 21.8 Å². The Hall–Kier alpha value is -0.810. The number of hydrogen-bond acceptors (Lipinski definition) is 3. The molecule has 1 aromatic rings. The van der Waals surface area contributed by atoms with Gasteiger partial charge in [0.2, 0.25) is 0 Å². The molecule has 0 aliphatic carbocycles. The minimum atomic E-state index is 0.0622. The zero-order valence-electron chi connectivity index (χ0n) is 9.20. The number of hydrogen-bond donors (Lipinski definition) is 1. The van der Waals surface area contributed by atoms with E-state index < -0.39 is 0 Å². The van der Waals surface area contributed by atoms with Crippen molar-refractivity contribution in [3.63, 3.8) is 0 Å². The molecule has 2 heterocycles. The molecule has 16 heavy (non-hydrogen) atoms. The summed E-state index contributed by atoms with van der Waals surface area (Å²) in [5.74, 6) is 0.0622. The summed E-state index contributed by atoms with van der Waals surface area (Å²) in [6, 6.07) is 2.03. The van der Waals surface area contributed by atoms with Crippen molar-refractivity contribution < 1.29 is 9.21 Å². The van der Waals surface area contributed by atoms with E-state index in [2.05, 4.69) is 21.2 Å². The Morgan fingerprint density at radius 2 is 2.56 bits per heavy atom. The Kier molecular flexibility index (Phi) is 3.66. The molecule has 0 spiro atoms. The summed E-state index contributed by atoms with van der Waals surface area (Å²) in [4.78, 5) is 14.1. The topological polar surface area (TPSA) is 45.5 Å². The summed E-state index contributed by atoms with van der Waals surface area (Å²) in [6.45, 7) is 1.69. The summed E-state index contributed by atoms with van der Waals surface area (Å²) in [7, 11) is 1.91. The lowest BCUT2D eigenvalue weighted by molar-refractivity contribution is 0.0736. The van der Waals surface area contributed by atoms with Gasteiger partial charge in [0.15, 0.2) is 4.67 Å². The van der Waals surface area contributed by atoms with Crippen LogP contribution in [0.4, 0.5) is 0 Å². The van der Waals surface area contributed by atoms with Crippen LogP contribution in [0.15, 0.2) is 21.4 Å². The van der Waals surface area contributed by atoms with Gasteiger partial charge in [-0.15, -0.1) is 0 Å². The number of likely N-dealkylation sites (N-methyl/N-ethyl adjacent to an activating group) is 1. The number of furan rings is 1. The predicted molar refractivity (Wildman–Crippen MR) is 64.4 cm³/mol. The van der Waals surface area contributed by atoms with E-state index in [1.54, 1.807) is 6.07 Å². The van der Waals surface area contributed by atoms with E-state index >= 15 is 0 Å². The average Bonchev–Trinajstić information content (AvgIpc) is 2.87. The highest BCUT2D eigenvalue weighted by atomic mass is 79.9. The van der Waals surface area contributed by atoms with Crippen LogP contribution in [-0.4, -0.2) is 37.0 Å². The third-order valence-corrected chi connectivity index (χ3v) is 3.31. The molecule has 1 saturated heterocycles. The van der Waals surface area contributed by atoms with Gasteiger partial charge >= 0.3 is 0 Å². The molecule has 1 fully saturated rings. The second-order valence-electron chi connectivity index (χ2n) is 3.99. The Balaban J connectivity index is 2.09. The minimum absolute atomic E-state index is 0.0622. The Morgan fingerprint density at radius 3 is 3.19 bits per heavy atom. The smallest absolute Gasteiger partial charge is 0.257 e. The van der Waals surface area contributed by atoms with Crippen molar-refractivity contribution in [2.24, 2.45) is 0 Å². The molecular formula is C11H15BrN2O2. The molecule has 5 heteroatoms. The van der Waals surface area contributed by atoms with Gasteiger partial charge in [0, 0.05) is 25.2 Å². The van der Waals surface area contributed by atoms with Gasteiger partial charge in [-0.3, -0.25) is 4.79 Å². The molecule has 1 aromatic heterocycles. The molecule has 0 aromatic carbocycles. The highest BCUT2D eigenvalue weighted by Crippen LogP contribution is 2.22. The maximum absolute atomic E-state index is 12.2. The van der Waals surface area contributed by atoms with Crippen molar-refractivity contribution in [2.75, 3.05) is 20.1 Å². The van der Waals surface area contributed by atoms with Crippen molar-refractivity contribution in [1.29, 1.82) is 0 Å². The summed E-state index contributed by atoms with van der Waals surface area (Å²) < 4.78 is 5.69. The predicted octanol–water partition coefficient (Wildman–Crippen LogP) is 1.87. The van der Waals surface area contributed by atoms with Gasteiger partial charge in [0.05, 0.1) is 5.56 Å². The largest absolute Gasteiger partial charge is 0.457 e. The van der Waals surface area contributed by atoms with Gasteiger partial charge in [0.1, 0.15) is 6.26 Å². The summed E-state index contributed by atoms with van der Waals surface area (Å²) >= 11 is 3.21. The van der Waals surface area contributed by atoms with Crippen LogP contribution in [0.1, 0.15) is 23.2 Å².